The van der Waals surface area contributed by atoms with Crippen LogP contribution in [0.2, 0.25) is 0 Å². The summed E-state index contributed by atoms with van der Waals surface area (Å²) >= 11 is 0. The normalized spacial score (nSPS) is 12.7. The Morgan fingerprint density at radius 2 is 1.90 bits per heavy atom. The lowest BCUT2D eigenvalue weighted by Gasteiger charge is -2.09. The third kappa shape index (κ3) is 6.56. The van der Waals surface area contributed by atoms with Crippen molar-refractivity contribution in [1.82, 2.24) is 5.32 Å². The third-order valence-electron chi connectivity index (χ3n) is 2.65. The van der Waals surface area contributed by atoms with Gasteiger partial charge >= 0.3 is 0 Å². The van der Waals surface area contributed by atoms with Crippen molar-refractivity contribution in [1.29, 1.82) is 0 Å². The molecule has 0 saturated heterocycles. The number of hydrogen-bond donors (Lipinski definition) is 2. The van der Waals surface area contributed by atoms with Crippen molar-refractivity contribution in [2.24, 2.45) is 16.6 Å². The van der Waals surface area contributed by atoms with Crippen molar-refractivity contribution >= 4 is 15.8 Å². The first-order chi connectivity index (χ1) is 9.28. The van der Waals surface area contributed by atoms with Crippen LogP contribution in [0.4, 0.5) is 0 Å². The third-order valence-corrected chi connectivity index (χ3v) is 3.48. The van der Waals surface area contributed by atoms with E-state index in [1.54, 1.807) is 0 Å². The van der Waals surface area contributed by atoms with Crippen LogP contribution in [-0.4, -0.2) is 27.2 Å². The van der Waals surface area contributed by atoms with Crippen molar-refractivity contribution in [3.8, 4) is 0 Å². The number of nitrogens with two attached hydrogens (primary N) is 1. The Balaban J connectivity index is 2.75. The SMILES string of the molecule is CC(C)CNC(N)=NCc1ccccc1CS(C)(=O)=O. The van der Waals surface area contributed by atoms with Gasteiger partial charge in [-0.2, -0.15) is 0 Å². The first-order valence-corrected chi connectivity index (χ1v) is 8.62. The van der Waals surface area contributed by atoms with E-state index in [0.29, 0.717) is 18.4 Å². The molecule has 0 aromatic heterocycles. The van der Waals surface area contributed by atoms with Gasteiger partial charge in [0.05, 0.1) is 12.3 Å². The summed E-state index contributed by atoms with van der Waals surface area (Å²) in [7, 11) is -3.06. The fourth-order valence-electron chi connectivity index (χ4n) is 1.67. The van der Waals surface area contributed by atoms with Crippen LogP contribution in [-0.2, 0) is 22.1 Å². The fraction of sp³-hybridized carbons (Fsp3) is 0.500. The van der Waals surface area contributed by atoms with Crippen LogP contribution in [0.3, 0.4) is 0 Å². The number of aliphatic imine (C=N–C) groups is 1. The molecule has 0 saturated carbocycles. The Hall–Kier alpha value is -1.56. The second kappa shape index (κ2) is 7.28. The molecule has 1 rings (SSSR count). The van der Waals surface area contributed by atoms with E-state index in [-0.39, 0.29) is 5.75 Å². The topological polar surface area (TPSA) is 84.5 Å². The first kappa shape index (κ1) is 16.5. The Morgan fingerprint density at radius 3 is 2.45 bits per heavy atom. The molecule has 112 valence electrons. The van der Waals surface area contributed by atoms with Gasteiger partial charge in [0, 0.05) is 12.8 Å². The zero-order chi connectivity index (χ0) is 15.2. The molecule has 0 aliphatic heterocycles. The molecule has 3 N–H and O–H groups in total. The van der Waals surface area contributed by atoms with Gasteiger partial charge in [-0.05, 0) is 17.0 Å². The van der Waals surface area contributed by atoms with Crippen LogP contribution in [0.25, 0.3) is 0 Å². The van der Waals surface area contributed by atoms with Crippen LogP contribution in [0.1, 0.15) is 25.0 Å². The predicted molar refractivity (Wildman–Crippen MR) is 83.2 cm³/mol. The molecule has 1 aromatic rings. The summed E-state index contributed by atoms with van der Waals surface area (Å²) in [5.74, 6) is 0.895. The molecule has 1 aromatic carbocycles. The van der Waals surface area contributed by atoms with Crippen molar-refractivity contribution < 1.29 is 8.42 Å². The molecule has 6 heteroatoms. The van der Waals surface area contributed by atoms with E-state index in [2.05, 4.69) is 24.2 Å². The van der Waals surface area contributed by atoms with Crippen LogP contribution in [0.5, 0.6) is 0 Å². The molecule has 0 radical (unpaired) electrons. The molecule has 20 heavy (non-hydrogen) atoms. The van der Waals surface area contributed by atoms with Gasteiger partial charge in [0.1, 0.15) is 0 Å². The molecular formula is C14H23N3O2S. The molecule has 0 amide bonds. The number of hydrogen-bond acceptors (Lipinski definition) is 3. The fourth-order valence-corrected chi connectivity index (χ4v) is 2.52. The Labute approximate surface area is 121 Å². The van der Waals surface area contributed by atoms with Crippen molar-refractivity contribution in [3.63, 3.8) is 0 Å². The molecule has 0 unspecified atom stereocenters. The van der Waals surface area contributed by atoms with Gasteiger partial charge in [0.2, 0.25) is 0 Å². The number of guanidine groups is 1. The maximum absolute atomic E-state index is 11.4. The lowest BCUT2D eigenvalue weighted by atomic mass is 10.1. The van der Waals surface area contributed by atoms with E-state index in [4.69, 9.17) is 5.73 Å². The summed E-state index contributed by atoms with van der Waals surface area (Å²) in [6.45, 7) is 5.31. The number of benzene rings is 1. The lowest BCUT2D eigenvalue weighted by Crippen LogP contribution is -2.34. The molecule has 0 spiro atoms. The van der Waals surface area contributed by atoms with Gasteiger partial charge in [-0.15, -0.1) is 0 Å². The maximum atomic E-state index is 11.4. The molecule has 0 aliphatic rings. The minimum Gasteiger partial charge on any atom is -0.370 e. The zero-order valence-corrected chi connectivity index (χ0v) is 13.1. The average molecular weight is 297 g/mol. The van der Waals surface area contributed by atoms with E-state index in [1.807, 2.05) is 24.3 Å². The summed E-state index contributed by atoms with van der Waals surface area (Å²) < 4.78 is 22.8. The van der Waals surface area contributed by atoms with Gasteiger partial charge in [-0.25, -0.2) is 13.4 Å². The van der Waals surface area contributed by atoms with Crippen LogP contribution in [0, 0.1) is 5.92 Å². The van der Waals surface area contributed by atoms with Gasteiger partial charge in [0.25, 0.3) is 0 Å². The highest BCUT2D eigenvalue weighted by atomic mass is 32.2. The highest BCUT2D eigenvalue weighted by Crippen LogP contribution is 2.13. The number of nitrogens with zero attached hydrogens (tertiary/aromatic N) is 1. The van der Waals surface area contributed by atoms with Gasteiger partial charge in [-0.3, -0.25) is 0 Å². The monoisotopic (exact) mass is 297 g/mol. The van der Waals surface area contributed by atoms with Gasteiger partial charge < -0.3 is 11.1 Å². The summed E-state index contributed by atoms with van der Waals surface area (Å²) in [6, 6.07) is 7.38. The van der Waals surface area contributed by atoms with E-state index in [1.165, 1.54) is 6.26 Å². The smallest absolute Gasteiger partial charge is 0.188 e. The number of nitrogens with one attached hydrogen (secondary N) is 1. The molecule has 0 atom stereocenters. The Morgan fingerprint density at radius 1 is 1.30 bits per heavy atom. The quantitative estimate of drug-likeness (QED) is 0.612. The molecule has 0 heterocycles. The zero-order valence-electron chi connectivity index (χ0n) is 12.3. The summed E-state index contributed by atoms with van der Waals surface area (Å²) in [5, 5.41) is 3.03. The molecule has 5 nitrogen and oxygen atoms in total. The summed E-state index contributed by atoms with van der Waals surface area (Å²) in [6.07, 6.45) is 1.23. The first-order valence-electron chi connectivity index (χ1n) is 6.56. The lowest BCUT2D eigenvalue weighted by molar-refractivity contribution is 0.601. The van der Waals surface area contributed by atoms with Crippen LogP contribution >= 0.6 is 0 Å². The van der Waals surface area contributed by atoms with Gasteiger partial charge in [0.15, 0.2) is 15.8 Å². The molecule has 0 fully saturated rings. The van der Waals surface area contributed by atoms with E-state index >= 15 is 0 Å². The van der Waals surface area contributed by atoms with E-state index < -0.39 is 9.84 Å². The Bertz CT molecular complexity index is 566. The van der Waals surface area contributed by atoms with Crippen LogP contribution < -0.4 is 11.1 Å². The summed E-state index contributed by atoms with van der Waals surface area (Å²) in [4.78, 5) is 4.25. The second-order valence-electron chi connectivity index (χ2n) is 5.32. The maximum Gasteiger partial charge on any atom is 0.188 e. The van der Waals surface area contributed by atoms with Crippen LogP contribution in [0.15, 0.2) is 29.3 Å². The Kier molecular flexibility index (Phi) is 6.01. The molecule has 0 aliphatic carbocycles. The number of sulfone groups is 1. The van der Waals surface area contributed by atoms with Crippen molar-refractivity contribution in [2.75, 3.05) is 12.8 Å². The highest BCUT2D eigenvalue weighted by molar-refractivity contribution is 7.89. The standard InChI is InChI=1S/C14H23N3O2S/c1-11(2)8-16-14(15)17-9-12-6-4-5-7-13(12)10-20(3,18)19/h4-7,11H,8-10H2,1-3H3,(H3,15,16,17). The molecule has 0 bridgehead atoms. The predicted octanol–water partition coefficient (Wildman–Crippen LogP) is 1.29. The van der Waals surface area contributed by atoms with Crippen molar-refractivity contribution in [2.45, 2.75) is 26.1 Å². The largest absolute Gasteiger partial charge is 0.370 e. The minimum atomic E-state index is -3.06. The minimum absolute atomic E-state index is 0.0258. The van der Waals surface area contributed by atoms with E-state index in [9.17, 15) is 8.42 Å². The second-order valence-corrected chi connectivity index (χ2v) is 7.46. The average Bonchev–Trinajstić information content (AvgIpc) is 2.33. The summed E-state index contributed by atoms with van der Waals surface area (Å²) in [5.41, 5.74) is 7.42. The van der Waals surface area contributed by atoms with Crippen molar-refractivity contribution in [3.05, 3.63) is 35.4 Å². The van der Waals surface area contributed by atoms with Gasteiger partial charge in [-0.1, -0.05) is 38.1 Å². The number of rotatable bonds is 6. The van der Waals surface area contributed by atoms with E-state index in [0.717, 1.165) is 17.7 Å². The highest BCUT2D eigenvalue weighted by Gasteiger charge is 2.08. The molecular weight excluding hydrogens is 274 g/mol.